The molecule has 2 aliphatic rings. The Kier molecular flexibility index (Phi) is 7.99. The molecule has 2 fully saturated rings. The summed E-state index contributed by atoms with van der Waals surface area (Å²) in [4.78, 5) is 0. The second-order valence-electron chi connectivity index (χ2n) is 7.31. The fourth-order valence-electron chi connectivity index (χ4n) is 4.28. The molecule has 0 saturated heterocycles. The van der Waals surface area contributed by atoms with Crippen molar-refractivity contribution in [3.05, 3.63) is 18.7 Å². The van der Waals surface area contributed by atoms with Gasteiger partial charge >= 0.3 is 0 Å². The van der Waals surface area contributed by atoms with E-state index < -0.39 is 0 Å². The maximum atomic E-state index is 2.53. The lowest BCUT2D eigenvalue weighted by Gasteiger charge is -2.18. The molecule has 0 N–H and O–H groups in total. The maximum Gasteiger partial charge on any atom is 0.244 e. The van der Waals surface area contributed by atoms with Gasteiger partial charge in [0, 0.05) is 0 Å². The third-order valence-corrected chi connectivity index (χ3v) is 5.67. The van der Waals surface area contributed by atoms with Crippen molar-refractivity contribution in [2.75, 3.05) is 0 Å². The van der Waals surface area contributed by atoms with Crippen LogP contribution in [0.15, 0.2) is 18.7 Å². The Balaban J connectivity index is 0.00000176. The van der Waals surface area contributed by atoms with Crippen molar-refractivity contribution in [2.45, 2.75) is 102 Å². The summed E-state index contributed by atoms with van der Waals surface area (Å²) in [5.74, 6) is 0. The van der Waals surface area contributed by atoms with E-state index in [9.17, 15) is 0 Å². The van der Waals surface area contributed by atoms with E-state index in [0.29, 0.717) is 0 Å². The van der Waals surface area contributed by atoms with E-state index in [-0.39, 0.29) is 17.0 Å². The summed E-state index contributed by atoms with van der Waals surface area (Å²) in [6.45, 7) is 0. The molecule has 2 nitrogen and oxygen atoms in total. The number of halogens is 1. The van der Waals surface area contributed by atoms with E-state index >= 15 is 0 Å². The summed E-state index contributed by atoms with van der Waals surface area (Å²) in [5, 5.41) is 0. The Morgan fingerprint density at radius 3 is 1.77 bits per heavy atom. The molecule has 1 aromatic heterocycles. The molecule has 0 aliphatic heterocycles. The molecular formula is C19H33BrN2. The number of aromatic nitrogens is 2. The van der Waals surface area contributed by atoms with E-state index in [0.717, 1.165) is 12.1 Å². The van der Waals surface area contributed by atoms with Crippen molar-refractivity contribution in [3.8, 4) is 0 Å². The minimum Gasteiger partial charge on any atom is -1.00 e. The van der Waals surface area contributed by atoms with Gasteiger partial charge in [0.05, 0.1) is 0 Å². The van der Waals surface area contributed by atoms with Gasteiger partial charge in [-0.15, -0.1) is 0 Å². The van der Waals surface area contributed by atoms with Gasteiger partial charge in [-0.05, 0) is 51.4 Å². The predicted octanol–water partition coefficient (Wildman–Crippen LogP) is 2.35. The fraction of sp³-hybridized carbons (Fsp3) is 0.842. The molecule has 0 radical (unpaired) electrons. The molecule has 1 heterocycles. The Labute approximate surface area is 147 Å². The van der Waals surface area contributed by atoms with E-state index in [1.165, 1.54) is 89.9 Å². The molecule has 22 heavy (non-hydrogen) atoms. The van der Waals surface area contributed by atoms with Crippen LogP contribution < -0.4 is 21.5 Å². The van der Waals surface area contributed by atoms with Crippen molar-refractivity contribution >= 4 is 0 Å². The molecule has 0 spiro atoms. The smallest absolute Gasteiger partial charge is 0.244 e. The zero-order valence-electron chi connectivity index (χ0n) is 14.1. The van der Waals surface area contributed by atoms with Crippen LogP contribution in [0.2, 0.25) is 0 Å². The summed E-state index contributed by atoms with van der Waals surface area (Å²) in [6, 6.07) is 1.53. The van der Waals surface area contributed by atoms with Crippen LogP contribution in [0.5, 0.6) is 0 Å². The Bertz CT molecular complexity index is 363. The van der Waals surface area contributed by atoms with Gasteiger partial charge in [-0.1, -0.05) is 38.5 Å². The van der Waals surface area contributed by atoms with Gasteiger partial charge in [0.2, 0.25) is 6.33 Å². The third kappa shape index (κ3) is 5.11. The number of rotatable bonds is 2. The van der Waals surface area contributed by atoms with Gasteiger partial charge in [-0.3, -0.25) is 0 Å². The molecule has 0 unspecified atom stereocenters. The van der Waals surface area contributed by atoms with Crippen LogP contribution in [0.4, 0.5) is 0 Å². The highest BCUT2D eigenvalue weighted by atomic mass is 79.9. The van der Waals surface area contributed by atoms with Gasteiger partial charge in [-0.25, -0.2) is 9.13 Å². The lowest BCUT2D eigenvalue weighted by atomic mass is 9.96. The molecule has 126 valence electrons. The van der Waals surface area contributed by atoms with Crippen molar-refractivity contribution in [2.24, 2.45) is 0 Å². The largest absolute Gasteiger partial charge is 1.00 e. The van der Waals surface area contributed by atoms with Crippen LogP contribution in [-0.2, 0) is 0 Å². The van der Waals surface area contributed by atoms with Gasteiger partial charge in [0.1, 0.15) is 24.5 Å². The summed E-state index contributed by atoms with van der Waals surface area (Å²) >= 11 is 0. The first-order chi connectivity index (χ1) is 10.4. The molecule has 3 rings (SSSR count). The second kappa shape index (κ2) is 9.75. The molecule has 0 atom stereocenters. The summed E-state index contributed by atoms with van der Waals surface area (Å²) in [7, 11) is 0. The molecular weight excluding hydrogens is 336 g/mol. The topological polar surface area (TPSA) is 8.81 Å². The van der Waals surface area contributed by atoms with E-state index in [1.54, 1.807) is 0 Å². The van der Waals surface area contributed by atoms with Crippen LogP contribution >= 0.6 is 0 Å². The zero-order valence-corrected chi connectivity index (χ0v) is 15.6. The van der Waals surface area contributed by atoms with Gasteiger partial charge < -0.3 is 17.0 Å². The van der Waals surface area contributed by atoms with Crippen molar-refractivity contribution in [3.63, 3.8) is 0 Å². The highest BCUT2D eigenvalue weighted by Gasteiger charge is 2.22. The molecule has 2 aliphatic carbocycles. The average Bonchev–Trinajstić information content (AvgIpc) is 2.87. The lowest BCUT2D eigenvalue weighted by molar-refractivity contribution is -0.724. The molecule has 1 aromatic rings. The minimum absolute atomic E-state index is 0. The number of hydrogen-bond acceptors (Lipinski definition) is 0. The highest BCUT2D eigenvalue weighted by Crippen LogP contribution is 2.27. The average molecular weight is 369 g/mol. The molecule has 2 saturated carbocycles. The van der Waals surface area contributed by atoms with Gasteiger partial charge in [-0.2, -0.15) is 0 Å². The molecule has 3 heteroatoms. The normalized spacial score (nSPS) is 22.9. The van der Waals surface area contributed by atoms with Crippen LogP contribution in [0.1, 0.15) is 102 Å². The zero-order chi connectivity index (χ0) is 14.3. The highest BCUT2D eigenvalue weighted by molar-refractivity contribution is 4.77. The van der Waals surface area contributed by atoms with E-state index in [1.807, 2.05) is 0 Å². The molecule has 0 bridgehead atoms. The molecule has 0 amide bonds. The van der Waals surface area contributed by atoms with Crippen LogP contribution in [0.3, 0.4) is 0 Å². The minimum atomic E-state index is 0. The first-order valence-electron chi connectivity index (χ1n) is 9.52. The lowest BCUT2D eigenvalue weighted by Crippen LogP contribution is -3.00. The van der Waals surface area contributed by atoms with Crippen molar-refractivity contribution in [1.29, 1.82) is 0 Å². The van der Waals surface area contributed by atoms with Crippen LogP contribution in [-0.4, -0.2) is 4.57 Å². The first kappa shape index (κ1) is 18.0. The monoisotopic (exact) mass is 368 g/mol. The van der Waals surface area contributed by atoms with Crippen LogP contribution in [0, 0.1) is 0 Å². The number of imidazole rings is 1. The summed E-state index contributed by atoms with van der Waals surface area (Å²) in [6.07, 6.45) is 27.1. The standard InChI is InChI=1S/C19H33N2.BrH/c1-3-7-11-18(12-8-4-1)20-15-16-21(17-20)19-13-9-5-2-6-10-14-19;/h15-19H,1-14H2;1H/q+1;/p-1. The Morgan fingerprint density at radius 1 is 0.682 bits per heavy atom. The first-order valence-corrected chi connectivity index (χ1v) is 9.52. The summed E-state index contributed by atoms with van der Waals surface area (Å²) in [5.41, 5.74) is 0. The Hall–Kier alpha value is -0.310. The summed E-state index contributed by atoms with van der Waals surface area (Å²) < 4.78 is 5.06. The fourth-order valence-corrected chi connectivity index (χ4v) is 4.28. The number of nitrogens with zero attached hydrogens (tertiary/aromatic N) is 2. The van der Waals surface area contributed by atoms with E-state index in [2.05, 4.69) is 27.9 Å². The SMILES string of the molecule is [Br-].c1c[n+](C2CCCCCCC2)cn1C1CCCCCCC1. The third-order valence-electron chi connectivity index (χ3n) is 5.67. The maximum absolute atomic E-state index is 2.53. The number of hydrogen-bond donors (Lipinski definition) is 0. The van der Waals surface area contributed by atoms with Gasteiger partial charge in [0.15, 0.2) is 0 Å². The molecule has 0 aromatic carbocycles. The van der Waals surface area contributed by atoms with Crippen molar-refractivity contribution < 1.29 is 21.5 Å². The van der Waals surface area contributed by atoms with E-state index in [4.69, 9.17) is 0 Å². The second-order valence-corrected chi connectivity index (χ2v) is 7.31. The predicted molar refractivity (Wildman–Crippen MR) is 87.3 cm³/mol. The quantitative estimate of drug-likeness (QED) is 0.708. The van der Waals surface area contributed by atoms with Gasteiger partial charge in [0.25, 0.3) is 0 Å². The van der Waals surface area contributed by atoms with Crippen LogP contribution in [0.25, 0.3) is 0 Å². The van der Waals surface area contributed by atoms with Crippen molar-refractivity contribution in [1.82, 2.24) is 4.57 Å². The Morgan fingerprint density at radius 2 is 1.18 bits per heavy atom.